The van der Waals surface area contributed by atoms with Crippen LogP contribution < -0.4 is 11.1 Å². The van der Waals surface area contributed by atoms with Crippen LogP contribution in [0.15, 0.2) is 29.0 Å². The third kappa shape index (κ3) is 2.45. The minimum Gasteiger partial charge on any atom is -0.403 e. The normalized spacial score (nSPS) is 10.7. The Morgan fingerprint density at radius 2 is 2.23 bits per heavy atom. The molecule has 70 valence electrons. The summed E-state index contributed by atoms with van der Waals surface area (Å²) in [5.74, 6) is -0.293. The summed E-state index contributed by atoms with van der Waals surface area (Å²) in [5, 5.41) is 2.86. The molecule has 0 aliphatic rings. The number of nitrogens with one attached hydrogen (secondary N) is 1. The Hall–Kier alpha value is -1.03. The standard InChI is InChI=1S/C9H10BrFN2/c1-6-4-7(10)8(11)5-9(6)13-3-2-12/h2-5,13H,12H2,1H3/b3-2+. The molecule has 0 radical (unpaired) electrons. The smallest absolute Gasteiger partial charge is 0.139 e. The number of rotatable bonds is 2. The highest BCUT2D eigenvalue weighted by Gasteiger charge is 2.03. The topological polar surface area (TPSA) is 38.0 Å². The molecule has 13 heavy (non-hydrogen) atoms. The molecule has 4 heteroatoms. The van der Waals surface area contributed by atoms with E-state index >= 15 is 0 Å². The van der Waals surface area contributed by atoms with E-state index in [4.69, 9.17) is 5.73 Å². The van der Waals surface area contributed by atoms with Gasteiger partial charge in [0.05, 0.1) is 4.47 Å². The maximum absolute atomic E-state index is 13.0. The van der Waals surface area contributed by atoms with Gasteiger partial charge in [0.25, 0.3) is 0 Å². The second-order valence-corrected chi connectivity index (χ2v) is 3.44. The van der Waals surface area contributed by atoms with E-state index in [0.717, 1.165) is 5.56 Å². The van der Waals surface area contributed by atoms with Crippen LogP contribution in [0.5, 0.6) is 0 Å². The number of halogens is 2. The Morgan fingerprint density at radius 1 is 1.54 bits per heavy atom. The lowest BCUT2D eigenvalue weighted by Crippen LogP contribution is -1.94. The fraction of sp³-hybridized carbons (Fsp3) is 0.111. The number of anilines is 1. The molecular formula is C9H10BrFN2. The Bertz CT molecular complexity index is 337. The van der Waals surface area contributed by atoms with Crippen molar-refractivity contribution in [2.24, 2.45) is 5.73 Å². The number of hydrogen-bond donors (Lipinski definition) is 2. The van der Waals surface area contributed by atoms with Gasteiger partial charge < -0.3 is 11.1 Å². The van der Waals surface area contributed by atoms with Crippen molar-refractivity contribution in [1.29, 1.82) is 0 Å². The predicted molar refractivity (Wildman–Crippen MR) is 55.8 cm³/mol. The van der Waals surface area contributed by atoms with Gasteiger partial charge in [0, 0.05) is 18.1 Å². The van der Waals surface area contributed by atoms with Crippen LogP contribution >= 0.6 is 15.9 Å². The van der Waals surface area contributed by atoms with E-state index in [1.54, 1.807) is 12.3 Å². The minimum absolute atomic E-state index is 0.293. The Morgan fingerprint density at radius 3 is 2.85 bits per heavy atom. The monoisotopic (exact) mass is 244 g/mol. The molecule has 0 saturated heterocycles. The zero-order valence-electron chi connectivity index (χ0n) is 7.14. The minimum atomic E-state index is -0.293. The van der Waals surface area contributed by atoms with Gasteiger partial charge in [-0.2, -0.15) is 0 Å². The number of aryl methyl sites for hydroxylation is 1. The second kappa shape index (κ2) is 4.28. The molecule has 0 saturated carbocycles. The molecule has 0 aromatic heterocycles. The molecule has 0 amide bonds. The Balaban J connectivity index is 3.01. The maximum atomic E-state index is 13.0. The number of nitrogens with two attached hydrogens (primary N) is 1. The summed E-state index contributed by atoms with van der Waals surface area (Å²) in [6.07, 6.45) is 2.91. The third-order valence-corrected chi connectivity index (χ3v) is 2.21. The third-order valence-electron chi connectivity index (χ3n) is 1.60. The van der Waals surface area contributed by atoms with E-state index in [1.807, 2.05) is 6.92 Å². The van der Waals surface area contributed by atoms with Gasteiger partial charge in [-0.25, -0.2) is 4.39 Å². The van der Waals surface area contributed by atoms with Crippen molar-refractivity contribution in [3.8, 4) is 0 Å². The molecule has 0 spiro atoms. The highest BCUT2D eigenvalue weighted by molar-refractivity contribution is 9.10. The van der Waals surface area contributed by atoms with Crippen LogP contribution in [0.4, 0.5) is 10.1 Å². The van der Waals surface area contributed by atoms with Crippen LogP contribution in [0.2, 0.25) is 0 Å². The molecule has 1 rings (SSSR count). The molecule has 0 aliphatic heterocycles. The van der Waals surface area contributed by atoms with Crippen molar-refractivity contribution >= 4 is 21.6 Å². The van der Waals surface area contributed by atoms with Crippen molar-refractivity contribution in [2.75, 3.05) is 5.32 Å². The SMILES string of the molecule is Cc1cc(Br)c(F)cc1N/C=C/N. The van der Waals surface area contributed by atoms with Crippen molar-refractivity contribution in [1.82, 2.24) is 0 Å². The van der Waals surface area contributed by atoms with Crippen molar-refractivity contribution < 1.29 is 4.39 Å². The number of hydrogen-bond acceptors (Lipinski definition) is 2. The van der Waals surface area contributed by atoms with Gasteiger partial charge in [-0.05, 0) is 40.5 Å². The summed E-state index contributed by atoms with van der Waals surface area (Å²) >= 11 is 3.10. The van der Waals surface area contributed by atoms with Gasteiger partial charge in [0.15, 0.2) is 0 Å². The van der Waals surface area contributed by atoms with E-state index < -0.39 is 0 Å². The van der Waals surface area contributed by atoms with Crippen molar-refractivity contribution in [2.45, 2.75) is 6.92 Å². The molecule has 0 unspecified atom stereocenters. The van der Waals surface area contributed by atoms with Gasteiger partial charge in [-0.1, -0.05) is 0 Å². The van der Waals surface area contributed by atoms with Crippen LogP contribution in [-0.4, -0.2) is 0 Å². The fourth-order valence-corrected chi connectivity index (χ4v) is 1.40. The molecule has 1 aromatic rings. The first-order valence-electron chi connectivity index (χ1n) is 3.74. The molecule has 0 bridgehead atoms. The summed E-state index contributed by atoms with van der Waals surface area (Å²) < 4.78 is 13.5. The molecule has 3 N–H and O–H groups in total. The first-order chi connectivity index (χ1) is 6.15. The van der Waals surface area contributed by atoms with Gasteiger partial charge in [0.2, 0.25) is 0 Å². The van der Waals surface area contributed by atoms with E-state index in [1.165, 1.54) is 12.3 Å². The van der Waals surface area contributed by atoms with Crippen molar-refractivity contribution in [3.63, 3.8) is 0 Å². The highest BCUT2D eigenvalue weighted by atomic mass is 79.9. The second-order valence-electron chi connectivity index (χ2n) is 2.58. The molecule has 0 aliphatic carbocycles. The lowest BCUT2D eigenvalue weighted by Gasteiger charge is -2.06. The summed E-state index contributed by atoms with van der Waals surface area (Å²) in [4.78, 5) is 0. The maximum Gasteiger partial charge on any atom is 0.139 e. The summed E-state index contributed by atoms with van der Waals surface area (Å²) in [7, 11) is 0. The average molecular weight is 245 g/mol. The van der Waals surface area contributed by atoms with E-state index in [0.29, 0.717) is 10.2 Å². The van der Waals surface area contributed by atoms with Gasteiger partial charge in [0.1, 0.15) is 5.82 Å². The fourth-order valence-electron chi connectivity index (χ4n) is 0.940. The lowest BCUT2D eigenvalue weighted by molar-refractivity contribution is 0.621. The zero-order valence-corrected chi connectivity index (χ0v) is 8.73. The van der Waals surface area contributed by atoms with E-state index in [2.05, 4.69) is 21.2 Å². The van der Waals surface area contributed by atoms with Gasteiger partial charge in [-0.15, -0.1) is 0 Å². The molecule has 0 fully saturated rings. The van der Waals surface area contributed by atoms with Crippen LogP contribution in [-0.2, 0) is 0 Å². The zero-order chi connectivity index (χ0) is 9.84. The van der Waals surface area contributed by atoms with Crippen LogP contribution in [0.3, 0.4) is 0 Å². The quantitative estimate of drug-likeness (QED) is 0.840. The highest BCUT2D eigenvalue weighted by Crippen LogP contribution is 2.23. The Kier molecular flexibility index (Phi) is 3.31. The number of benzene rings is 1. The van der Waals surface area contributed by atoms with Gasteiger partial charge >= 0.3 is 0 Å². The largest absolute Gasteiger partial charge is 0.403 e. The Labute approximate surface area is 84.8 Å². The molecule has 0 heterocycles. The average Bonchev–Trinajstić information content (AvgIpc) is 2.09. The first kappa shape index (κ1) is 10.1. The summed E-state index contributed by atoms with van der Waals surface area (Å²) in [6.45, 7) is 1.89. The van der Waals surface area contributed by atoms with Crippen molar-refractivity contribution in [3.05, 3.63) is 40.4 Å². The first-order valence-corrected chi connectivity index (χ1v) is 4.53. The van der Waals surface area contributed by atoms with Crippen LogP contribution in [0.25, 0.3) is 0 Å². The van der Waals surface area contributed by atoms with E-state index in [9.17, 15) is 4.39 Å². The van der Waals surface area contributed by atoms with Gasteiger partial charge in [-0.3, -0.25) is 0 Å². The lowest BCUT2D eigenvalue weighted by atomic mass is 10.2. The molecule has 1 aromatic carbocycles. The van der Waals surface area contributed by atoms with Crippen LogP contribution in [0.1, 0.15) is 5.56 Å². The predicted octanol–water partition coefficient (Wildman–Crippen LogP) is 2.74. The molecule has 0 atom stereocenters. The molecule has 2 nitrogen and oxygen atoms in total. The van der Waals surface area contributed by atoms with E-state index in [-0.39, 0.29) is 5.82 Å². The molecular weight excluding hydrogens is 235 g/mol. The van der Waals surface area contributed by atoms with Crippen LogP contribution in [0, 0.1) is 12.7 Å². The summed E-state index contributed by atoms with van der Waals surface area (Å²) in [5.41, 5.74) is 6.81. The summed E-state index contributed by atoms with van der Waals surface area (Å²) in [6, 6.07) is 3.13.